The summed E-state index contributed by atoms with van der Waals surface area (Å²) in [5.74, 6) is 0.433. The number of aliphatic hydroxyl groups excluding tert-OH is 1. The molecule has 2 N–H and O–H groups in total. The van der Waals surface area contributed by atoms with Crippen molar-refractivity contribution >= 4 is 6.29 Å². The molecule has 3 atom stereocenters. The van der Waals surface area contributed by atoms with Gasteiger partial charge in [-0.05, 0) is 36.2 Å². The van der Waals surface area contributed by atoms with Gasteiger partial charge in [0.2, 0.25) is 6.29 Å². The number of hydrogen-bond donors (Lipinski definition) is 2. The van der Waals surface area contributed by atoms with Crippen LogP contribution in [0.25, 0.3) is 0 Å². The number of benzene rings is 1. The first-order valence-corrected chi connectivity index (χ1v) is 8.47. The van der Waals surface area contributed by atoms with Crippen molar-refractivity contribution in [2.45, 2.75) is 65.1 Å². The molecule has 3 unspecified atom stereocenters. The van der Waals surface area contributed by atoms with E-state index in [1.807, 2.05) is 13.8 Å². The number of hydrogen-bond acceptors (Lipinski definition) is 4. The van der Waals surface area contributed by atoms with Crippen LogP contribution in [0.2, 0.25) is 0 Å². The van der Waals surface area contributed by atoms with Crippen molar-refractivity contribution in [3.63, 3.8) is 0 Å². The lowest BCUT2D eigenvalue weighted by atomic mass is 9.60. The molecule has 1 saturated carbocycles. The van der Waals surface area contributed by atoms with Gasteiger partial charge in [-0.25, -0.2) is 0 Å². The number of ether oxygens (including phenoxy) is 1. The van der Waals surface area contributed by atoms with Crippen LogP contribution in [0.3, 0.4) is 0 Å². The van der Waals surface area contributed by atoms with Gasteiger partial charge in [0.05, 0.1) is 0 Å². The van der Waals surface area contributed by atoms with Crippen LogP contribution in [-0.4, -0.2) is 22.8 Å². The Bertz CT molecular complexity index is 633. The zero-order valence-corrected chi connectivity index (χ0v) is 14.3. The highest BCUT2D eigenvalue weighted by atomic mass is 16.6. The summed E-state index contributed by atoms with van der Waals surface area (Å²) in [5.41, 5.74) is 1.99. The number of aldehydes is 1. The Morgan fingerprint density at radius 1 is 1.39 bits per heavy atom. The first-order valence-electron chi connectivity index (χ1n) is 8.47. The summed E-state index contributed by atoms with van der Waals surface area (Å²) in [6.07, 6.45) is 2.88. The highest BCUT2D eigenvalue weighted by Crippen LogP contribution is 2.57. The molecule has 4 nitrogen and oxygen atoms in total. The highest BCUT2D eigenvalue weighted by Gasteiger charge is 2.49. The molecular weight excluding hydrogens is 292 g/mol. The van der Waals surface area contributed by atoms with Gasteiger partial charge in [-0.3, -0.25) is 4.79 Å². The Labute approximate surface area is 137 Å². The molecule has 0 radical (unpaired) electrons. The standard InChI is InChI=1S/C19H26O4/c1-10(2)13-8-11(9-20)14-12-6-5-7-19(3,4)15(12)18(22)23-17(14)16(13)21/h8-10,12,15,18,21-22H,5-7H2,1-4H3. The molecule has 1 aliphatic heterocycles. The fraction of sp³-hybridized carbons (Fsp3) is 0.632. The summed E-state index contributed by atoms with van der Waals surface area (Å²) < 4.78 is 5.75. The Kier molecular flexibility index (Phi) is 3.91. The van der Waals surface area contributed by atoms with Crippen LogP contribution in [0.4, 0.5) is 0 Å². The van der Waals surface area contributed by atoms with Crippen LogP contribution in [0.15, 0.2) is 6.07 Å². The second-order valence-corrected chi connectivity index (χ2v) is 7.94. The molecule has 23 heavy (non-hydrogen) atoms. The van der Waals surface area contributed by atoms with E-state index in [4.69, 9.17) is 4.74 Å². The van der Waals surface area contributed by atoms with Crippen LogP contribution in [0, 0.1) is 11.3 Å². The van der Waals surface area contributed by atoms with E-state index < -0.39 is 6.29 Å². The Hall–Kier alpha value is -1.55. The average molecular weight is 318 g/mol. The van der Waals surface area contributed by atoms with E-state index in [1.165, 1.54) is 0 Å². The van der Waals surface area contributed by atoms with Crippen LogP contribution in [0.1, 0.15) is 80.3 Å². The van der Waals surface area contributed by atoms with Crippen LogP contribution >= 0.6 is 0 Å². The number of aliphatic hydroxyl groups is 1. The van der Waals surface area contributed by atoms with E-state index in [0.29, 0.717) is 16.9 Å². The maximum absolute atomic E-state index is 11.7. The van der Waals surface area contributed by atoms with Gasteiger partial charge < -0.3 is 14.9 Å². The van der Waals surface area contributed by atoms with Crippen molar-refractivity contribution in [3.8, 4) is 11.5 Å². The van der Waals surface area contributed by atoms with E-state index in [0.717, 1.165) is 31.1 Å². The number of aromatic hydroxyl groups is 1. The second-order valence-electron chi connectivity index (χ2n) is 7.94. The van der Waals surface area contributed by atoms with Gasteiger partial charge in [-0.15, -0.1) is 0 Å². The van der Waals surface area contributed by atoms with E-state index in [9.17, 15) is 15.0 Å². The minimum Gasteiger partial charge on any atom is -0.504 e. The first-order chi connectivity index (χ1) is 10.8. The summed E-state index contributed by atoms with van der Waals surface area (Å²) in [7, 11) is 0. The zero-order chi connectivity index (χ0) is 16.9. The molecule has 1 aromatic rings. The predicted molar refractivity (Wildman–Crippen MR) is 88.1 cm³/mol. The van der Waals surface area contributed by atoms with Gasteiger partial charge >= 0.3 is 0 Å². The summed E-state index contributed by atoms with van der Waals surface area (Å²) >= 11 is 0. The number of rotatable bonds is 2. The Morgan fingerprint density at radius 2 is 2.09 bits per heavy atom. The number of carbonyl (C=O) groups excluding carboxylic acids is 1. The van der Waals surface area contributed by atoms with Gasteiger partial charge in [0.25, 0.3) is 0 Å². The summed E-state index contributed by atoms with van der Waals surface area (Å²) in [6.45, 7) is 8.21. The number of phenols is 1. The van der Waals surface area contributed by atoms with Crippen molar-refractivity contribution in [1.82, 2.24) is 0 Å². The third-order valence-corrected chi connectivity index (χ3v) is 5.69. The fourth-order valence-electron chi connectivity index (χ4n) is 4.51. The minimum absolute atomic E-state index is 0.0461. The molecule has 4 heteroatoms. The van der Waals surface area contributed by atoms with Crippen LogP contribution < -0.4 is 4.74 Å². The van der Waals surface area contributed by atoms with E-state index in [-0.39, 0.29) is 28.9 Å². The minimum atomic E-state index is -0.949. The normalized spacial score (nSPS) is 28.7. The van der Waals surface area contributed by atoms with Gasteiger partial charge in [-0.1, -0.05) is 34.1 Å². The molecule has 1 aromatic carbocycles. The molecule has 0 spiro atoms. The quantitative estimate of drug-likeness (QED) is 0.810. The molecule has 0 amide bonds. The maximum atomic E-state index is 11.7. The van der Waals surface area contributed by atoms with Gasteiger partial charge in [0.15, 0.2) is 11.5 Å². The maximum Gasteiger partial charge on any atom is 0.201 e. The topological polar surface area (TPSA) is 66.8 Å². The fourth-order valence-corrected chi connectivity index (χ4v) is 4.51. The van der Waals surface area contributed by atoms with Crippen LogP contribution in [0.5, 0.6) is 11.5 Å². The molecule has 126 valence electrons. The molecule has 3 rings (SSSR count). The number of carbonyl (C=O) groups is 1. The average Bonchev–Trinajstić information content (AvgIpc) is 2.47. The smallest absolute Gasteiger partial charge is 0.201 e. The van der Waals surface area contributed by atoms with Crippen molar-refractivity contribution in [3.05, 3.63) is 22.8 Å². The predicted octanol–water partition coefficient (Wildman–Crippen LogP) is 3.95. The first kappa shape index (κ1) is 16.3. The van der Waals surface area contributed by atoms with E-state index in [1.54, 1.807) is 6.07 Å². The molecule has 2 aliphatic rings. The lowest BCUT2D eigenvalue weighted by Gasteiger charge is -2.49. The molecule has 0 saturated heterocycles. The number of fused-ring (bicyclic) bond motifs is 3. The van der Waals surface area contributed by atoms with E-state index in [2.05, 4.69) is 13.8 Å². The molecule has 1 heterocycles. The largest absolute Gasteiger partial charge is 0.504 e. The Balaban J connectivity index is 2.22. The molecule has 0 bridgehead atoms. The van der Waals surface area contributed by atoms with E-state index >= 15 is 0 Å². The van der Waals surface area contributed by atoms with Crippen molar-refractivity contribution in [2.24, 2.45) is 11.3 Å². The number of phenolic OH excluding ortho intramolecular Hbond substituents is 1. The summed E-state index contributed by atoms with van der Waals surface area (Å²) in [4.78, 5) is 11.7. The SMILES string of the molecule is CC(C)c1cc(C=O)c2c(c1O)OC(O)C1C2CCCC1(C)C. The lowest BCUT2D eigenvalue weighted by molar-refractivity contribution is -0.133. The van der Waals surface area contributed by atoms with Gasteiger partial charge in [-0.2, -0.15) is 0 Å². The highest BCUT2D eigenvalue weighted by molar-refractivity contribution is 5.82. The summed E-state index contributed by atoms with van der Waals surface area (Å²) in [5, 5.41) is 21.2. The lowest BCUT2D eigenvalue weighted by Crippen LogP contribution is -2.47. The molecular formula is C19H26O4. The monoisotopic (exact) mass is 318 g/mol. The van der Waals surface area contributed by atoms with Gasteiger partial charge in [0, 0.05) is 22.6 Å². The molecule has 1 aliphatic carbocycles. The van der Waals surface area contributed by atoms with Crippen molar-refractivity contribution in [1.29, 1.82) is 0 Å². The molecule has 1 fully saturated rings. The Morgan fingerprint density at radius 3 is 2.70 bits per heavy atom. The third-order valence-electron chi connectivity index (χ3n) is 5.69. The second kappa shape index (κ2) is 5.52. The van der Waals surface area contributed by atoms with Crippen LogP contribution in [-0.2, 0) is 0 Å². The zero-order valence-electron chi connectivity index (χ0n) is 14.3. The molecule has 0 aromatic heterocycles. The third kappa shape index (κ3) is 2.44. The summed E-state index contributed by atoms with van der Waals surface area (Å²) in [6, 6.07) is 1.78. The van der Waals surface area contributed by atoms with Gasteiger partial charge in [0.1, 0.15) is 6.29 Å². The van der Waals surface area contributed by atoms with Crippen molar-refractivity contribution in [2.75, 3.05) is 0 Å². The van der Waals surface area contributed by atoms with Crippen molar-refractivity contribution < 1.29 is 19.7 Å².